The number of anilines is 2. The number of nitrogens with one attached hydrogen (secondary N) is 2. The topological polar surface area (TPSA) is 73.4 Å². The Labute approximate surface area is 150 Å². The number of piperidine rings is 1. The Kier molecular flexibility index (Phi) is 5.94. The van der Waals surface area contributed by atoms with Gasteiger partial charge in [-0.05, 0) is 25.7 Å². The molecule has 2 N–H and O–H groups in total. The van der Waals surface area contributed by atoms with Gasteiger partial charge in [-0.2, -0.15) is 0 Å². The summed E-state index contributed by atoms with van der Waals surface area (Å²) in [6.07, 6.45) is 9.53. The Morgan fingerprint density at radius 1 is 1.08 bits per heavy atom. The third kappa shape index (κ3) is 4.96. The van der Waals surface area contributed by atoms with E-state index in [0.717, 1.165) is 50.4 Å². The molecule has 1 aromatic rings. The number of hydrogen-bond acceptors (Lipinski definition) is 5. The number of carbonyl (C=O) groups excluding carboxylic acids is 1. The summed E-state index contributed by atoms with van der Waals surface area (Å²) >= 11 is 0. The fourth-order valence-electron chi connectivity index (χ4n) is 3.62. The summed E-state index contributed by atoms with van der Waals surface area (Å²) in [5.74, 6) is 1.74. The second kappa shape index (κ2) is 8.36. The van der Waals surface area contributed by atoms with Gasteiger partial charge in [-0.15, -0.1) is 0 Å². The van der Waals surface area contributed by atoms with Gasteiger partial charge in [-0.3, -0.25) is 0 Å². The van der Waals surface area contributed by atoms with E-state index in [4.69, 9.17) is 0 Å². The maximum Gasteiger partial charge on any atom is 0.317 e. The summed E-state index contributed by atoms with van der Waals surface area (Å²) in [6.45, 7) is 1.59. The van der Waals surface area contributed by atoms with Crippen LogP contribution in [0.2, 0.25) is 0 Å². The molecule has 2 amide bonds. The summed E-state index contributed by atoms with van der Waals surface area (Å²) < 4.78 is 0. The average Bonchev–Trinajstić information content (AvgIpc) is 2.63. The van der Waals surface area contributed by atoms with Crippen LogP contribution in [0.5, 0.6) is 0 Å². The number of urea groups is 1. The van der Waals surface area contributed by atoms with Crippen LogP contribution in [0.4, 0.5) is 16.4 Å². The van der Waals surface area contributed by atoms with Crippen molar-refractivity contribution in [2.75, 3.05) is 37.4 Å². The van der Waals surface area contributed by atoms with Gasteiger partial charge in [-0.1, -0.05) is 19.3 Å². The Morgan fingerprint density at radius 3 is 2.48 bits per heavy atom. The van der Waals surface area contributed by atoms with Crippen LogP contribution in [0.1, 0.15) is 44.9 Å². The van der Waals surface area contributed by atoms with Crippen molar-refractivity contribution in [1.29, 1.82) is 0 Å². The standard InChI is InChI=1S/C18H30N6O/c1-23(2)17-12-16(19-13-20-17)21-15-8-10-24(11-9-15)18(25)22-14-6-4-3-5-7-14/h12-15H,3-11H2,1-2H3,(H,22,25)(H,19,20,21). The van der Waals surface area contributed by atoms with Gasteiger partial charge in [0.25, 0.3) is 0 Å². The van der Waals surface area contributed by atoms with E-state index in [2.05, 4.69) is 20.6 Å². The van der Waals surface area contributed by atoms with Crippen LogP contribution in [-0.4, -0.2) is 60.2 Å². The first kappa shape index (κ1) is 17.8. The molecule has 0 aromatic carbocycles. The van der Waals surface area contributed by atoms with E-state index in [-0.39, 0.29) is 6.03 Å². The molecule has 2 fully saturated rings. The van der Waals surface area contributed by atoms with Crippen LogP contribution in [0.3, 0.4) is 0 Å². The van der Waals surface area contributed by atoms with E-state index in [1.165, 1.54) is 19.3 Å². The molecule has 0 unspecified atom stereocenters. The summed E-state index contributed by atoms with van der Waals surface area (Å²) in [7, 11) is 3.94. The van der Waals surface area contributed by atoms with Gasteiger partial charge in [0.1, 0.15) is 18.0 Å². The Bertz CT molecular complexity index is 564. The minimum Gasteiger partial charge on any atom is -0.367 e. The highest BCUT2D eigenvalue weighted by atomic mass is 16.2. The number of likely N-dealkylation sites (tertiary alicyclic amines) is 1. The SMILES string of the molecule is CN(C)c1cc(NC2CCN(C(=O)NC3CCCCC3)CC2)ncn1. The molecule has 1 aromatic heterocycles. The zero-order chi connectivity index (χ0) is 17.6. The lowest BCUT2D eigenvalue weighted by atomic mass is 9.95. The quantitative estimate of drug-likeness (QED) is 0.876. The molecule has 3 rings (SSSR count). The van der Waals surface area contributed by atoms with Crippen LogP contribution in [0, 0.1) is 0 Å². The van der Waals surface area contributed by atoms with Crippen molar-refractivity contribution in [3.8, 4) is 0 Å². The van der Waals surface area contributed by atoms with Crippen LogP contribution >= 0.6 is 0 Å². The first-order valence-electron chi connectivity index (χ1n) is 9.43. The van der Waals surface area contributed by atoms with Crippen molar-refractivity contribution in [1.82, 2.24) is 20.2 Å². The minimum absolute atomic E-state index is 0.113. The number of hydrogen-bond donors (Lipinski definition) is 2. The number of amides is 2. The maximum absolute atomic E-state index is 12.4. The zero-order valence-electron chi connectivity index (χ0n) is 15.4. The molecular weight excluding hydrogens is 316 g/mol. The molecule has 138 valence electrons. The molecule has 0 atom stereocenters. The van der Waals surface area contributed by atoms with E-state index < -0.39 is 0 Å². The van der Waals surface area contributed by atoms with Gasteiger partial charge in [0, 0.05) is 45.3 Å². The molecule has 7 heteroatoms. The highest BCUT2D eigenvalue weighted by Crippen LogP contribution is 2.20. The molecule has 2 aliphatic rings. The number of rotatable bonds is 4. The van der Waals surface area contributed by atoms with Crippen LogP contribution in [0.25, 0.3) is 0 Å². The van der Waals surface area contributed by atoms with Crippen LogP contribution < -0.4 is 15.5 Å². The van der Waals surface area contributed by atoms with E-state index in [0.29, 0.717) is 12.1 Å². The lowest BCUT2D eigenvalue weighted by Crippen LogP contribution is -2.49. The Hall–Kier alpha value is -2.05. The molecule has 0 spiro atoms. The minimum atomic E-state index is 0.113. The highest BCUT2D eigenvalue weighted by Gasteiger charge is 2.25. The van der Waals surface area contributed by atoms with Gasteiger partial charge in [-0.25, -0.2) is 14.8 Å². The van der Waals surface area contributed by atoms with Gasteiger partial charge in [0.05, 0.1) is 0 Å². The second-order valence-electron chi connectivity index (χ2n) is 7.35. The van der Waals surface area contributed by atoms with E-state index in [9.17, 15) is 4.79 Å². The average molecular weight is 346 g/mol. The van der Waals surface area contributed by atoms with E-state index in [1.807, 2.05) is 30.0 Å². The largest absolute Gasteiger partial charge is 0.367 e. The fourth-order valence-corrected chi connectivity index (χ4v) is 3.62. The molecule has 7 nitrogen and oxygen atoms in total. The summed E-state index contributed by atoms with van der Waals surface area (Å²) in [5, 5.41) is 6.69. The summed E-state index contributed by atoms with van der Waals surface area (Å²) in [4.78, 5) is 24.9. The zero-order valence-corrected chi connectivity index (χ0v) is 15.4. The molecule has 0 radical (unpaired) electrons. The van der Waals surface area contributed by atoms with Crippen LogP contribution in [0.15, 0.2) is 12.4 Å². The van der Waals surface area contributed by atoms with Gasteiger partial charge < -0.3 is 20.4 Å². The van der Waals surface area contributed by atoms with Gasteiger partial charge >= 0.3 is 6.03 Å². The van der Waals surface area contributed by atoms with E-state index in [1.54, 1.807) is 6.33 Å². The van der Waals surface area contributed by atoms with E-state index >= 15 is 0 Å². The Morgan fingerprint density at radius 2 is 1.80 bits per heavy atom. The lowest BCUT2D eigenvalue weighted by molar-refractivity contribution is 0.176. The van der Waals surface area contributed by atoms with Crippen molar-refractivity contribution in [2.24, 2.45) is 0 Å². The molecule has 25 heavy (non-hydrogen) atoms. The number of nitrogens with zero attached hydrogens (tertiary/aromatic N) is 4. The molecule has 1 aliphatic carbocycles. The fraction of sp³-hybridized carbons (Fsp3) is 0.722. The predicted octanol–water partition coefficient (Wildman–Crippen LogP) is 2.46. The monoisotopic (exact) mass is 346 g/mol. The highest BCUT2D eigenvalue weighted by molar-refractivity contribution is 5.74. The molecule has 1 saturated heterocycles. The predicted molar refractivity (Wildman–Crippen MR) is 100.0 cm³/mol. The van der Waals surface area contributed by atoms with Crippen molar-refractivity contribution in [3.63, 3.8) is 0 Å². The van der Waals surface area contributed by atoms with Gasteiger partial charge in [0.15, 0.2) is 0 Å². The third-order valence-corrected chi connectivity index (χ3v) is 5.18. The molecule has 1 saturated carbocycles. The summed E-state index contributed by atoms with van der Waals surface area (Å²) in [6, 6.07) is 2.80. The van der Waals surface area contributed by atoms with Crippen molar-refractivity contribution >= 4 is 17.7 Å². The Balaban J connectivity index is 1.45. The summed E-state index contributed by atoms with van der Waals surface area (Å²) in [5.41, 5.74) is 0. The number of aromatic nitrogens is 2. The molecular formula is C18H30N6O. The third-order valence-electron chi connectivity index (χ3n) is 5.18. The van der Waals surface area contributed by atoms with Crippen molar-refractivity contribution in [3.05, 3.63) is 12.4 Å². The van der Waals surface area contributed by atoms with Gasteiger partial charge in [0.2, 0.25) is 0 Å². The molecule has 1 aliphatic heterocycles. The first-order valence-corrected chi connectivity index (χ1v) is 9.43. The first-order chi connectivity index (χ1) is 12.1. The smallest absolute Gasteiger partial charge is 0.317 e. The molecule has 0 bridgehead atoms. The van der Waals surface area contributed by atoms with Crippen LogP contribution in [-0.2, 0) is 0 Å². The second-order valence-corrected chi connectivity index (χ2v) is 7.35. The maximum atomic E-state index is 12.4. The van der Waals surface area contributed by atoms with Crippen molar-refractivity contribution in [2.45, 2.75) is 57.0 Å². The van der Waals surface area contributed by atoms with Crippen molar-refractivity contribution < 1.29 is 4.79 Å². The normalized spacial score (nSPS) is 19.5. The number of carbonyl (C=O) groups is 1. The molecule has 2 heterocycles. The lowest BCUT2D eigenvalue weighted by Gasteiger charge is -2.34.